The van der Waals surface area contributed by atoms with E-state index in [9.17, 15) is 4.39 Å². The van der Waals surface area contributed by atoms with Crippen LogP contribution in [-0.4, -0.2) is 32.4 Å². The van der Waals surface area contributed by atoms with Gasteiger partial charge < -0.3 is 14.8 Å². The number of nitrogens with zero attached hydrogens (tertiary/aromatic N) is 1. The van der Waals surface area contributed by atoms with Gasteiger partial charge in [0.1, 0.15) is 11.9 Å². The van der Waals surface area contributed by atoms with E-state index in [0.29, 0.717) is 18.8 Å². The number of nitrogens with one attached hydrogen (secondary N) is 1. The zero-order chi connectivity index (χ0) is 12.8. The first kappa shape index (κ1) is 13.0. The summed E-state index contributed by atoms with van der Waals surface area (Å²) < 4.78 is 24.6. The molecule has 4 nitrogen and oxygen atoms in total. The minimum absolute atomic E-state index is 0.0148. The Morgan fingerprint density at radius 1 is 1.56 bits per heavy atom. The van der Waals surface area contributed by atoms with Crippen molar-refractivity contribution in [1.29, 1.82) is 5.26 Å². The van der Waals surface area contributed by atoms with Crippen LogP contribution in [0.4, 0.5) is 4.39 Å². The largest absolute Gasteiger partial charge is 0.374 e. The molecule has 1 aromatic carbocycles. The van der Waals surface area contributed by atoms with E-state index in [1.54, 1.807) is 12.1 Å². The quantitative estimate of drug-likeness (QED) is 0.872. The molecule has 0 aromatic heterocycles. The lowest BCUT2D eigenvalue weighted by molar-refractivity contribution is -0.0361. The van der Waals surface area contributed by atoms with Gasteiger partial charge in [-0.25, -0.2) is 4.39 Å². The third kappa shape index (κ3) is 3.26. The van der Waals surface area contributed by atoms with E-state index >= 15 is 0 Å². The number of halogens is 1. The fraction of sp³-hybridized carbons (Fsp3) is 0.462. The lowest BCUT2D eigenvalue weighted by atomic mass is 10.1. The number of benzene rings is 1. The summed E-state index contributed by atoms with van der Waals surface area (Å²) in [4.78, 5) is 0. The van der Waals surface area contributed by atoms with Crippen molar-refractivity contribution in [2.75, 3.05) is 26.3 Å². The normalized spacial score (nSPS) is 19.4. The summed E-state index contributed by atoms with van der Waals surface area (Å²) in [5.41, 5.74) is 0.449. The van der Waals surface area contributed by atoms with Crippen molar-refractivity contribution in [3.8, 4) is 6.07 Å². The van der Waals surface area contributed by atoms with Crippen molar-refractivity contribution in [3.63, 3.8) is 0 Å². The van der Waals surface area contributed by atoms with E-state index in [1.807, 2.05) is 6.07 Å². The highest BCUT2D eigenvalue weighted by Gasteiger charge is 2.14. The Kier molecular flexibility index (Phi) is 4.65. The van der Waals surface area contributed by atoms with Gasteiger partial charge in [-0.15, -0.1) is 0 Å². The van der Waals surface area contributed by atoms with Crippen LogP contribution in [0.25, 0.3) is 0 Å². The van der Waals surface area contributed by atoms with Crippen LogP contribution < -0.4 is 5.32 Å². The fourth-order valence-electron chi connectivity index (χ4n) is 1.80. The average Bonchev–Trinajstić information content (AvgIpc) is 2.42. The third-order valence-corrected chi connectivity index (χ3v) is 2.76. The van der Waals surface area contributed by atoms with E-state index in [2.05, 4.69) is 5.32 Å². The lowest BCUT2D eigenvalue weighted by Crippen LogP contribution is -2.40. The second-order valence-corrected chi connectivity index (χ2v) is 4.10. The number of rotatable bonds is 4. The Morgan fingerprint density at radius 3 is 3.17 bits per heavy atom. The van der Waals surface area contributed by atoms with E-state index in [0.717, 1.165) is 13.1 Å². The molecule has 1 saturated heterocycles. The average molecular weight is 250 g/mol. The van der Waals surface area contributed by atoms with Crippen molar-refractivity contribution in [2.24, 2.45) is 0 Å². The molecule has 2 rings (SSSR count). The molecule has 96 valence electrons. The van der Waals surface area contributed by atoms with Gasteiger partial charge in [-0.3, -0.25) is 0 Å². The maximum atomic E-state index is 13.7. The Balaban J connectivity index is 1.84. The molecule has 1 atom stereocenters. The van der Waals surface area contributed by atoms with Crippen molar-refractivity contribution >= 4 is 0 Å². The molecule has 1 aliphatic heterocycles. The first-order valence-electron chi connectivity index (χ1n) is 5.89. The summed E-state index contributed by atoms with van der Waals surface area (Å²) in [5, 5.41) is 11.9. The molecule has 0 radical (unpaired) electrons. The summed E-state index contributed by atoms with van der Waals surface area (Å²) in [6.07, 6.45) is 0.0148. The zero-order valence-corrected chi connectivity index (χ0v) is 9.99. The minimum atomic E-state index is -0.498. The van der Waals surface area contributed by atoms with Crippen LogP contribution in [0.2, 0.25) is 0 Å². The number of nitriles is 1. The van der Waals surface area contributed by atoms with Gasteiger partial charge in [0.25, 0.3) is 0 Å². The molecule has 1 unspecified atom stereocenters. The Labute approximate surface area is 105 Å². The van der Waals surface area contributed by atoms with Gasteiger partial charge in [-0.2, -0.15) is 5.26 Å². The van der Waals surface area contributed by atoms with Crippen molar-refractivity contribution < 1.29 is 13.9 Å². The molecule has 1 N–H and O–H groups in total. The van der Waals surface area contributed by atoms with Crippen LogP contribution in [0.15, 0.2) is 18.2 Å². The molecule has 0 saturated carbocycles. The molecule has 5 heteroatoms. The van der Waals surface area contributed by atoms with Gasteiger partial charge in [0.15, 0.2) is 0 Å². The van der Waals surface area contributed by atoms with Gasteiger partial charge in [-0.05, 0) is 6.07 Å². The molecule has 1 aliphatic rings. The molecule has 0 bridgehead atoms. The second kappa shape index (κ2) is 6.45. The van der Waals surface area contributed by atoms with Gasteiger partial charge in [0.05, 0.1) is 31.5 Å². The van der Waals surface area contributed by atoms with E-state index < -0.39 is 5.82 Å². The SMILES string of the molecule is N#Cc1cccc(COCC2CNCCO2)c1F. The number of morpholine rings is 1. The smallest absolute Gasteiger partial charge is 0.146 e. The Hall–Kier alpha value is -1.48. The molecular formula is C13H15FN2O2. The maximum absolute atomic E-state index is 13.7. The predicted octanol–water partition coefficient (Wildman–Crippen LogP) is 1.20. The summed E-state index contributed by atoms with van der Waals surface area (Å²) in [7, 11) is 0. The molecule has 0 amide bonds. The van der Waals surface area contributed by atoms with E-state index in [4.69, 9.17) is 14.7 Å². The number of hydrogen-bond donors (Lipinski definition) is 1. The van der Waals surface area contributed by atoms with E-state index in [1.165, 1.54) is 6.07 Å². The summed E-state index contributed by atoms with van der Waals surface area (Å²) in [6.45, 7) is 2.85. The van der Waals surface area contributed by atoms with Gasteiger partial charge in [0.2, 0.25) is 0 Å². The highest BCUT2D eigenvalue weighted by Crippen LogP contribution is 2.13. The maximum Gasteiger partial charge on any atom is 0.146 e. The van der Waals surface area contributed by atoms with Crippen LogP contribution in [0, 0.1) is 17.1 Å². The van der Waals surface area contributed by atoms with Crippen LogP contribution in [-0.2, 0) is 16.1 Å². The van der Waals surface area contributed by atoms with Gasteiger partial charge in [-0.1, -0.05) is 12.1 Å². The van der Waals surface area contributed by atoms with Crippen molar-refractivity contribution in [3.05, 3.63) is 35.1 Å². The molecule has 1 aromatic rings. The topological polar surface area (TPSA) is 54.3 Å². The monoisotopic (exact) mass is 250 g/mol. The Morgan fingerprint density at radius 2 is 2.44 bits per heavy atom. The summed E-state index contributed by atoms with van der Waals surface area (Å²) >= 11 is 0. The van der Waals surface area contributed by atoms with Gasteiger partial charge in [0, 0.05) is 18.7 Å². The number of hydrogen-bond acceptors (Lipinski definition) is 4. The van der Waals surface area contributed by atoms with Crippen LogP contribution in [0.1, 0.15) is 11.1 Å². The molecule has 0 aliphatic carbocycles. The Bertz CT molecular complexity index is 439. The lowest BCUT2D eigenvalue weighted by Gasteiger charge is -2.23. The van der Waals surface area contributed by atoms with Crippen LogP contribution in [0.5, 0.6) is 0 Å². The highest BCUT2D eigenvalue weighted by atomic mass is 19.1. The molecular weight excluding hydrogens is 235 g/mol. The second-order valence-electron chi connectivity index (χ2n) is 4.10. The minimum Gasteiger partial charge on any atom is -0.374 e. The van der Waals surface area contributed by atoms with Crippen LogP contribution in [0.3, 0.4) is 0 Å². The van der Waals surface area contributed by atoms with Crippen molar-refractivity contribution in [2.45, 2.75) is 12.7 Å². The first-order valence-corrected chi connectivity index (χ1v) is 5.89. The van der Waals surface area contributed by atoms with Crippen molar-refractivity contribution in [1.82, 2.24) is 5.32 Å². The molecule has 0 spiro atoms. The summed E-state index contributed by atoms with van der Waals surface area (Å²) in [6, 6.07) is 6.53. The molecule has 1 fully saturated rings. The molecule has 18 heavy (non-hydrogen) atoms. The predicted molar refractivity (Wildman–Crippen MR) is 63.4 cm³/mol. The first-order chi connectivity index (χ1) is 8.81. The van der Waals surface area contributed by atoms with Gasteiger partial charge >= 0.3 is 0 Å². The fourth-order valence-corrected chi connectivity index (χ4v) is 1.80. The third-order valence-electron chi connectivity index (χ3n) is 2.76. The van der Waals surface area contributed by atoms with Crippen LogP contribution >= 0.6 is 0 Å². The zero-order valence-electron chi connectivity index (χ0n) is 9.99. The molecule has 1 heterocycles. The number of ether oxygens (including phenoxy) is 2. The standard InChI is InChI=1S/C13H15FN2O2/c14-13-10(6-15)2-1-3-11(13)8-17-9-12-7-16-4-5-18-12/h1-3,12,16H,4-5,7-9H2. The summed E-state index contributed by atoms with van der Waals surface area (Å²) in [5.74, 6) is -0.498. The highest BCUT2D eigenvalue weighted by molar-refractivity contribution is 5.34. The van der Waals surface area contributed by atoms with E-state index in [-0.39, 0.29) is 18.3 Å².